The van der Waals surface area contributed by atoms with E-state index in [1.807, 2.05) is 31.8 Å². The molecule has 0 fully saturated rings. The highest BCUT2D eigenvalue weighted by Crippen LogP contribution is 2.16. The number of hydrogen-bond acceptors (Lipinski definition) is 2. The van der Waals surface area contributed by atoms with Gasteiger partial charge in [-0.25, -0.2) is 0 Å². The van der Waals surface area contributed by atoms with Gasteiger partial charge in [0.2, 0.25) is 0 Å². The van der Waals surface area contributed by atoms with E-state index in [4.69, 9.17) is 5.73 Å². The lowest BCUT2D eigenvalue weighted by atomic mass is 10.1. The zero-order valence-electron chi connectivity index (χ0n) is 8.33. The molecule has 3 nitrogen and oxygen atoms in total. The van der Waals surface area contributed by atoms with Gasteiger partial charge in [0, 0.05) is 30.8 Å². The van der Waals surface area contributed by atoms with E-state index in [2.05, 4.69) is 16.9 Å². The summed E-state index contributed by atoms with van der Waals surface area (Å²) in [5.74, 6) is 5.81. The highest BCUT2D eigenvalue weighted by molar-refractivity contribution is 5.21. The second-order valence-electron chi connectivity index (χ2n) is 3.05. The summed E-state index contributed by atoms with van der Waals surface area (Å²) in [6.07, 6.45) is 2.51. The summed E-state index contributed by atoms with van der Waals surface area (Å²) >= 11 is 0. The van der Waals surface area contributed by atoms with Gasteiger partial charge in [-0.15, -0.1) is 11.8 Å². The second kappa shape index (κ2) is 4.11. The normalized spacial score (nSPS) is 12.0. The molecule has 0 aliphatic rings. The molecule has 0 saturated heterocycles. The van der Waals surface area contributed by atoms with Crippen LogP contribution in [0.1, 0.15) is 30.6 Å². The Hall–Kier alpha value is -1.27. The largest absolute Gasteiger partial charge is 0.323 e. The number of hydrogen-bond donors (Lipinski definition) is 1. The highest BCUT2D eigenvalue weighted by Gasteiger charge is 2.10. The molecule has 1 aromatic rings. The standard InChI is InChI=1S/C10H15N3/c1-4-5-6-10(11)9-7-12-13(3)8(9)2/h7,10H,6,11H2,1-3H3. The van der Waals surface area contributed by atoms with Gasteiger partial charge < -0.3 is 5.73 Å². The lowest BCUT2D eigenvalue weighted by molar-refractivity contribution is 0.717. The van der Waals surface area contributed by atoms with E-state index in [0.717, 1.165) is 11.3 Å². The summed E-state index contributed by atoms with van der Waals surface area (Å²) in [5.41, 5.74) is 8.14. The highest BCUT2D eigenvalue weighted by atomic mass is 15.3. The summed E-state index contributed by atoms with van der Waals surface area (Å²) in [4.78, 5) is 0. The quantitative estimate of drug-likeness (QED) is 0.688. The molecule has 1 rings (SSSR count). The van der Waals surface area contributed by atoms with Gasteiger partial charge in [0.25, 0.3) is 0 Å². The molecule has 1 atom stereocenters. The lowest BCUT2D eigenvalue weighted by Gasteiger charge is -2.06. The smallest absolute Gasteiger partial charge is 0.0540 e. The third-order valence-electron chi connectivity index (χ3n) is 2.17. The van der Waals surface area contributed by atoms with Gasteiger partial charge in [-0.3, -0.25) is 4.68 Å². The van der Waals surface area contributed by atoms with Crippen molar-refractivity contribution in [3.8, 4) is 11.8 Å². The van der Waals surface area contributed by atoms with Gasteiger partial charge in [-0.1, -0.05) is 0 Å². The Labute approximate surface area is 78.9 Å². The molecule has 70 valence electrons. The summed E-state index contributed by atoms with van der Waals surface area (Å²) in [7, 11) is 1.91. The molecule has 1 unspecified atom stereocenters. The maximum absolute atomic E-state index is 5.94. The molecule has 0 saturated carbocycles. The van der Waals surface area contributed by atoms with Crippen LogP contribution in [0.4, 0.5) is 0 Å². The van der Waals surface area contributed by atoms with Gasteiger partial charge in [-0.05, 0) is 13.8 Å². The number of nitrogens with two attached hydrogens (primary N) is 1. The number of nitrogens with zero attached hydrogens (tertiary/aromatic N) is 2. The second-order valence-corrected chi connectivity index (χ2v) is 3.05. The van der Waals surface area contributed by atoms with Gasteiger partial charge in [0.15, 0.2) is 0 Å². The zero-order chi connectivity index (χ0) is 9.84. The predicted octanol–water partition coefficient (Wildman–Crippen LogP) is 1.14. The molecule has 1 heterocycles. The predicted molar refractivity (Wildman–Crippen MR) is 52.9 cm³/mol. The third kappa shape index (κ3) is 2.10. The van der Waals surface area contributed by atoms with Crippen LogP contribution < -0.4 is 5.73 Å². The maximum atomic E-state index is 5.94. The van der Waals surface area contributed by atoms with Crippen molar-refractivity contribution >= 4 is 0 Å². The van der Waals surface area contributed by atoms with Crippen LogP contribution in [-0.2, 0) is 7.05 Å². The molecule has 0 spiro atoms. The maximum Gasteiger partial charge on any atom is 0.0540 e. The minimum absolute atomic E-state index is 0.0128. The zero-order valence-corrected chi connectivity index (χ0v) is 8.33. The minimum atomic E-state index is -0.0128. The molecule has 3 heteroatoms. The van der Waals surface area contributed by atoms with E-state index in [9.17, 15) is 0 Å². The fourth-order valence-electron chi connectivity index (χ4n) is 1.20. The van der Waals surface area contributed by atoms with Crippen LogP contribution >= 0.6 is 0 Å². The first-order chi connectivity index (χ1) is 6.16. The van der Waals surface area contributed by atoms with Crippen LogP contribution in [0, 0.1) is 18.8 Å². The molecule has 13 heavy (non-hydrogen) atoms. The Balaban J connectivity index is 2.80. The summed E-state index contributed by atoms with van der Waals surface area (Å²) in [5, 5.41) is 4.13. The average Bonchev–Trinajstić information content (AvgIpc) is 2.44. The SMILES string of the molecule is CC#CCC(N)c1cnn(C)c1C. The van der Waals surface area contributed by atoms with Crippen LogP contribution in [0.2, 0.25) is 0 Å². The van der Waals surface area contributed by atoms with Crippen molar-refractivity contribution in [2.45, 2.75) is 26.3 Å². The first kappa shape index (κ1) is 9.82. The van der Waals surface area contributed by atoms with E-state index >= 15 is 0 Å². The van der Waals surface area contributed by atoms with Crippen LogP contribution in [0.3, 0.4) is 0 Å². The lowest BCUT2D eigenvalue weighted by Crippen LogP contribution is -2.10. The molecular formula is C10H15N3. The van der Waals surface area contributed by atoms with E-state index in [1.54, 1.807) is 0 Å². The first-order valence-corrected chi connectivity index (χ1v) is 4.30. The van der Waals surface area contributed by atoms with Crippen molar-refractivity contribution in [1.82, 2.24) is 9.78 Å². The first-order valence-electron chi connectivity index (χ1n) is 4.30. The molecule has 0 aromatic carbocycles. The fraction of sp³-hybridized carbons (Fsp3) is 0.500. The topological polar surface area (TPSA) is 43.8 Å². The summed E-state index contributed by atoms with van der Waals surface area (Å²) < 4.78 is 1.83. The number of aryl methyl sites for hydroxylation is 1. The van der Waals surface area contributed by atoms with Crippen molar-refractivity contribution in [3.05, 3.63) is 17.5 Å². The van der Waals surface area contributed by atoms with E-state index in [0.29, 0.717) is 6.42 Å². The Morgan fingerprint density at radius 1 is 1.69 bits per heavy atom. The molecule has 0 bridgehead atoms. The summed E-state index contributed by atoms with van der Waals surface area (Å²) in [6, 6.07) is -0.0128. The Morgan fingerprint density at radius 2 is 2.38 bits per heavy atom. The Kier molecular flexibility index (Phi) is 3.10. The van der Waals surface area contributed by atoms with E-state index in [-0.39, 0.29) is 6.04 Å². The van der Waals surface area contributed by atoms with Gasteiger partial charge >= 0.3 is 0 Å². The van der Waals surface area contributed by atoms with E-state index < -0.39 is 0 Å². The summed E-state index contributed by atoms with van der Waals surface area (Å²) in [6.45, 7) is 3.84. The molecule has 2 N–H and O–H groups in total. The Morgan fingerprint density at radius 3 is 2.85 bits per heavy atom. The van der Waals surface area contributed by atoms with Crippen molar-refractivity contribution in [2.24, 2.45) is 12.8 Å². The molecular weight excluding hydrogens is 162 g/mol. The molecule has 0 aliphatic carbocycles. The minimum Gasteiger partial charge on any atom is -0.323 e. The average molecular weight is 177 g/mol. The van der Waals surface area contributed by atoms with Gasteiger partial charge in [0.1, 0.15) is 0 Å². The van der Waals surface area contributed by atoms with Crippen molar-refractivity contribution in [1.29, 1.82) is 0 Å². The Bertz CT molecular complexity index is 341. The van der Waals surface area contributed by atoms with Crippen LogP contribution in [0.15, 0.2) is 6.20 Å². The molecule has 0 radical (unpaired) electrons. The number of aromatic nitrogens is 2. The van der Waals surface area contributed by atoms with Crippen LogP contribution in [0.25, 0.3) is 0 Å². The van der Waals surface area contributed by atoms with Crippen molar-refractivity contribution in [2.75, 3.05) is 0 Å². The van der Waals surface area contributed by atoms with E-state index in [1.165, 1.54) is 0 Å². The fourth-order valence-corrected chi connectivity index (χ4v) is 1.20. The third-order valence-corrected chi connectivity index (χ3v) is 2.17. The number of rotatable bonds is 2. The molecule has 1 aromatic heterocycles. The van der Waals surface area contributed by atoms with Crippen LogP contribution in [-0.4, -0.2) is 9.78 Å². The monoisotopic (exact) mass is 177 g/mol. The van der Waals surface area contributed by atoms with Crippen molar-refractivity contribution < 1.29 is 0 Å². The van der Waals surface area contributed by atoms with Crippen LogP contribution in [0.5, 0.6) is 0 Å². The molecule has 0 aliphatic heterocycles. The van der Waals surface area contributed by atoms with Crippen molar-refractivity contribution in [3.63, 3.8) is 0 Å². The van der Waals surface area contributed by atoms with Gasteiger partial charge in [-0.2, -0.15) is 5.10 Å². The van der Waals surface area contributed by atoms with Gasteiger partial charge in [0.05, 0.1) is 6.20 Å². The molecule has 0 amide bonds.